The fourth-order valence-electron chi connectivity index (χ4n) is 5.07. The van der Waals surface area contributed by atoms with Gasteiger partial charge in [0.15, 0.2) is 9.84 Å². The Kier molecular flexibility index (Phi) is 7.60. The zero-order valence-electron chi connectivity index (χ0n) is 22.7. The number of urea groups is 1. The molecular formula is C28H35N7O3S. The first-order valence-electron chi connectivity index (χ1n) is 13.4. The molecule has 0 unspecified atom stereocenters. The van der Waals surface area contributed by atoms with Crippen LogP contribution in [0.2, 0.25) is 0 Å². The monoisotopic (exact) mass is 549 g/mol. The quantitative estimate of drug-likeness (QED) is 0.474. The molecule has 2 aliphatic rings. The number of aromatic nitrogens is 2. The van der Waals surface area contributed by atoms with E-state index in [4.69, 9.17) is 4.98 Å². The van der Waals surface area contributed by atoms with Crippen LogP contribution >= 0.6 is 0 Å². The summed E-state index contributed by atoms with van der Waals surface area (Å²) in [4.78, 5) is 30.4. The van der Waals surface area contributed by atoms with E-state index >= 15 is 0 Å². The molecule has 0 saturated carbocycles. The molecule has 0 spiro atoms. The van der Waals surface area contributed by atoms with Crippen molar-refractivity contribution in [3.8, 4) is 0 Å². The maximum absolute atomic E-state index is 12.6. The first-order valence-corrected chi connectivity index (χ1v) is 15.3. The van der Waals surface area contributed by atoms with Crippen molar-refractivity contribution in [2.75, 3.05) is 67.2 Å². The molecule has 0 bridgehead atoms. The molecular weight excluding hydrogens is 514 g/mol. The van der Waals surface area contributed by atoms with Crippen LogP contribution in [-0.4, -0.2) is 86.3 Å². The van der Waals surface area contributed by atoms with Crippen molar-refractivity contribution in [2.45, 2.75) is 25.2 Å². The third kappa shape index (κ3) is 5.78. The minimum atomic E-state index is -3.24. The molecule has 2 aromatic carbocycles. The fourth-order valence-corrected chi connectivity index (χ4v) is 5.70. The molecule has 11 heteroatoms. The van der Waals surface area contributed by atoms with E-state index in [1.807, 2.05) is 54.1 Å². The van der Waals surface area contributed by atoms with E-state index in [-0.39, 0.29) is 6.03 Å². The van der Waals surface area contributed by atoms with E-state index in [1.165, 1.54) is 6.26 Å². The van der Waals surface area contributed by atoms with Crippen molar-refractivity contribution in [2.24, 2.45) is 0 Å². The largest absolute Gasteiger partial charge is 0.368 e. The zero-order valence-corrected chi connectivity index (χ0v) is 23.5. The van der Waals surface area contributed by atoms with E-state index in [1.54, 1.807) is 12.1 Å². The second-order valence-electron chi connectivity index (χ2n) is 9.81. The molecule has 1 saturated heterocycles. The lowest BCUT2D eigenvalue weighted by Crippen LogP contribution is -2.52. The highest BCUT2D eigenvalue weighted by Crippen LogP contribution is 2.34. The second kappa shape index (κ2) is 11.1. The number of hydrogen-bond acceptors (Lipinski definition) is 8. The van der Waals surface area contributed by atoms with Gasteiger partial charge in [-0.05, 0) is 68.8 Å². The van der Waals surface area contributed by atoms with Gasteiger partial charge >= 0.3 is 6.03 Å². The van der Waals surface area contributed by atoms with Gasteiger partial charge in [0.05, 0.1) is 4.90 Å². The summed E-state index contributed by atoms with van der Waals surface area (Å²) in [6.07, 6.45) is 3.89. The molecule has 0 radical (unpaired) electrons. The van der Waals surface area contributed by atoms with Crippen LogP contribution in [0.3, 0.4) is 0 Å². The van der Waals surface area contributed by atoms with E-state index < -0.39 is 9.84 Å². The number of benzene rings is 2. The van der Waals surface area contributed by atoms with E-state index in [9.17, 15) is 13.2 Å². The maximum Gasteiger partial charge on any atom is 0.320 e. The van der Waals surface area contributed by atoms with Crippen molar-refractivity contribution in [3.63, 3.8) is 0 Å². The number of nitrogens with zero attached hydrogens (tertiary/aromatic N) is 6. The minimum absolute atomic E-state index is 0.123. The molecule has 1 fully saturated rings. The highest BCUT2D eigenvalue weighted by Gasteiger charge is 2.25. The van der Waals surface area contributed by atoms with Gasteiger partial charge in [-0.25, -0.2) is 18.2 Å². The molecule has 0 atom stereocenters. The molecule has 206 valence electrons. The average Bonchev–Trinajstić information content (AvgIpc) is 3.37. The summed E-state index contributed by atoms with van der Waals surface area (Å²) in [5, 5.41) is 3.31. The summed E-state index contributed by atoms with van der Waals surface area (Å²) < 4.78 is 23.6. The predicted octanol–water partition coefficient (Wildman–Crippen LogP) is 3.90. The first-order chi connectivity index (χ1) is 18.8. The normalized spacial score (nSPS) is 15.3. The molecule has 3 heterocycles. The van der Waals surface area contributed by atoms with Gasteiger partial charge in [0.25, 0.3) is 0 Å². The van der Waals surface area contributed by atoms with E-state index in [0.29, 0.717) is 23.9 Å². The molecule has 3 aromatic rings. The fraction of sp³-hybridized carbons (Fsp3) is 0.393. The lowest BCUT2D eigenvalue weighted by Gasteiger charge is -2.38. The van der Waals surface area contributed by atoms with Gasteiger partial charge in [0.2, 0.25) is 5.95 Å². The number of rotatable bonds is 7. The highest BCUT2D eigenvalue weighted by atomic mass is 32.2. The predicted molar refractivity (Wildman–Crippen MR) is 154 cm³/mol. The Morgan fingerprint density at radius 2 is 1.56 bits per heavy atom. The van der Waals surface area contributed by atoms with Gasteiger partial charge in [-0.1, -0.05) is 0 Å². The Hall–Kier alpha value is -3.86. The summed E-state index contributed by atoms with van der Waals surface area (Å²) in [6.45, 7) is 9.27. The van der Waals surface area contributed by atoms with Gasteiger partial charge in [0.1, 0.15) is 5.82 Å². The van der Waals surface area contributed by atoms with Gasteiger partial charge in [-0.15, -0.1) is 0 Å². The SMILES string of the molecule is CCN(CC)C(=O)N1CCN(c2ccc(Nc3ncc4c(n3)N(c3ccc(S(C)(=O)=O)cc3)CC4)cc2)CC1. The molecule has 2 aliphatic heterocycles. The number of fused-ring (bicyclic) bond motifs is 1. The van der Waals surface area contributed by atoms with Crippen LogP contribution in [0.4, 0.5) is 33.6 Å². The van der Waals surface area contributed by atoms with Crippen molar-refractivity contribution in [1.82, 2.24) is 19.8 Å². The Labute approximate surface area is 230 Å². The standard InChI is InChI=1S/C28H35N7O3S/c1-4-32(5-2)28(36)34-18-16-33(17-19-34)23-8-6-22(7-9-23)30-27-29-20-21-14-15-35(26(21)31-27)24-10-12-25(13-11-24)39(3,37)38/h6-13,20H,4-5,14-19H2,1-3H3,(H,29,30,31). The lowest BCUT2D eigenvalue weighted by molar-refractivity contribution is 0.154. The molecule has 39 heavy (non-hydrogen) atoms. The topological polar surface area (TPSA) is 102 Å². The van der Waals surface area contributed by atoms with Gasteiger partial charge < -0.3 is 24.9 Å². The van der Waals surface area contributed by atoms with Crippen LogP contribution in [0.1, 0.15) is 19.4 Å². The van der Waals surface area contributed by atoms with Crippen molar-refractivity contribution in [1.29, 1.82) is 0 Å². The third-order valence-electron chi connectivity index (χ3n) is 7.35. The number of carbonyl (C=O) groups is 1. The molecule has 2 amide bonds. The van der Waals surface area contributed by atoms with Crippen LogP contribution < -0.4 is 15.1 Å². The number of anilines is 5. The van der Waals surface area contributed by atoms with Crippen molar-refractivity contribution < 1.29 is 13.2 Å². The molecule has 10 nitrogen and oxygen atoms in total. The number of amides is 2. The Morgan fingerprint density at radius 3 is 2.18 bits per heavy atom. The van der Waals surface area contributed by atoms with Crippen molar-refractivity contribution >= 4 is 44.7 Å². The molecule has 5 rings (SSSR count). The zero-order chi connectivity index (χ0) is 27.6. The number of sulfone groups is 1. The summed E-state index contributed by atoms with van der Waals surface area (Å²) >= 11 is 0. The number of hydrogen-bond donors (Lipinski definition) is 1. The maximum atomic E-state index is 12.6. The summed E-state index contributed by atoms with van der Waals surface area (Å²) in [7, 11) is -3.24. The highest BCUT2D eigenvalue weighted by molar-refractivity contribution is 7.90. The number of piperazine rings is 1. The summed E-state index contributed by atoms with van der Waals surface area (Å²) in [5.41, 5.74) is 3.96. The summed E-state index contributed by atoms with van der Waals surface area (Å²) in [6, 6.07) is 15.2. The van der Waals surface area contributed by atoms with Crippen molar-refractivity contribution in [3.05, 3.63) is 60.3 Å². The first kappa shape index (κ1) is 26.7. The van der Waals surface area contributed by atoms with Crippen LogP contribution in [0.25, 0.3) is 0 Å². The van der Waals surface area contributed by atoms with Gasteiger partial charge in [0, 0.05) is 80.9 Å². The smallest absolute Gasteiger partial charge is 0.320 e. The van der Waals surface area contributed by atoms with Crippen LogP contribution in [0.5, 0.6) is 0 Å². The number of carbonyl (C=O) groups excluding carboxylic acids is 1. The minimum Gasteiger partial charge on any atom is -0.368 e. The number of nitrogens with one attached hydrogen (secondary N) is 1. The van der Waals surface area contributed by atoms with Gasteiger partial charge in [-0.3, -0.25) is 0 Å². The van der Waals surface area contributed by atoms with Crippen LogP contribution in [-0.2, 0) is 16.3 Å². The molecule has 1 N–H and O–H groups in total. The molecule has 1 aromatic heterocycles. The Balaban J connectivity index is 1.23. The average molecular weight is 550 g/mol. The van der Waals surface area contributed by atoms with E-state index in [0.717, 1.165) is 67.6 Å². The summed E-state index contributed by atoms with van der Waals surface area (Å²) in [5.74, 6) is 1.33. The van der Waals surface area contributed by atoms with E-state index in [2.05, 4.69) is 32.2 Å². The molecule has 0 aliphatic carbocycles. The van der Waals surface area contributed by atoms with Gasteiger partial charge in [-0.2, -0.15) is 4.98 Å². The Morgan fingerprint density at radius 1 is 0.923 bits per heavy atom. The van der Waals surface area contributed by atoms with Crippen LogP contribution in [0, 0.1) is 0 Å². The second-order valence-corrected chi connectivity index (χ2v) is 11.8. The lowest BCUT2D eigenvalue weighted by atomic mass is 10.2. The third-order valence-corrected chi connectivity index (χ3v) is 8.48. The van der Waals surface area contributed by atoms with Crippen LogP contribution in [0.15, 0.2) is 59.6 Å². The Bertz CT molecular complexity index is 1420.